The zero-order valence-electron chi connectivity index (χ0n) is 45.1. The summed E-state index contributed by atoms with van der Waals surface area (Å²) in [5.74, 6) is 5.36. The van der Waals surface area contributed by atoms with E-state index in [1.807, 2.05) is 86.6 Å². The van der Waals surface area contributed by atoms with Gasteiger partial charge in [-0.1, -0.05) is 195 Å². The smallest absolute Gasteiger partial charge is 0.365 e. The summed E-state index contributed by atoms with van der Waals surface area (Å²) in [5.41, 5.74) is 8.03. The Labute approximate surface area is 458 Å². The fraction of sp³-hybridized carbons (Fsp3) is 0.333. The van der Waals surface area contributed by atoms with Gasteiger partial charge in [-0.2, -0.15) is 13.2 Å². The Kier molecular flexibility index (Phi) is 21.9. The first kappa shape index (κ1) is 58.7. The molecular formula is C66H72F4N4O4. The molecule has 6 aromatic carbocycles. The number of nitrogens with two attached hydrogens (primary N) is 1. The first-order valence-electron chi connectivity index (χ1n) is 27.2. The summed E-state index contributed by atoms with van der Waals surface area (Å²) in [4.78, 5) is 9.16. The number of alkyl halides is 3. The molecule has 2 fully saturated rings. The molecule has 9 rings (SSSR count). The second-order valence-corrected chi connectivity index (χ2v) is 18.9. The van der Waals surface area contributed by atoms with Gasteiger partial charge in [0.25, 0.3) is 0 Å². The Morgan fingerprint density at radius 1 is 0.590 bits per heavy atom. The summed E-state index contributed by atoms with van der Waals surface area (Å²) in [6, 6.07) is 59.2. The van der Waals surface area contributed by atoms with Crippen LogP contribution >= 0.6 is 0 Å². The van der Waals surface area contributed by atoms with Crippen molar-refractivity contribution in [2.24, 2.45) is 16.6 Å². The fourth-order valence-electron chi connectivity index (χ4n) is 9.59. The van der Waals surface area contributed by atoms with Gasteiger partial charge >= 0.3 is 6.18 Å². The molecule has 78 heavy (non-hydrogen) atoms. The van der Waals surface area contributed by atoms with Crippen molar-refractivity contribution < 1.29 is 36.5 Å². The highest BCUT2D eigenvalue weighted by atomic mass is 19.4. The summed E-state index contributed by atoms with van der Waals surface area (Å²) in [5, 5.41) is 3.71. The molecule has 0 unspecified atom stereocenters. The van der Waals surface area contributed by atoms with Crippen LogP contribution in [0.3, 0.4) is 0 Å². The highest BCUT2D eigenvalue weighted by molar-refractivity contribution is 6.05. The third-order valence-corrected chi connectivity index (χ3v) is 13.9. The minimum Gasteiger partial charge on any atom is -0.365 e. The van der Waals surface area contributed by atoms with Gasteiger partial charge in [-0.05, 0) is 117 Å². The van der Waals surface area contributed by atoms with E-state index in [0.29, 0.717) is 47.0 Å². The van der Waals surface area contributed by atoms with Crippen molar-refractivity contribution in [3.63, 3.8) is 0 Å². The van der Waals surface area contributed by atoms with Gasteiger partial charge < -0.3 is 30.0 Å². The lowest BCUT2D eigenvalue weighted by Gasteiger charge is -2.38. The van der Waals surface area contributed by atoms with Crippen LogP contribution in [-0.2, 0) is 30.0 Å². The summed E-state index contributed by atoms with van der Waals surface area (Å²) >= 11 is 0. The van der Waals surface area contributed by atoms with E-state index >= 15 is 4.39 Å². The third kappa shape index (κ3) is 14.6. The number of rotatable bonds is 20. The predicted molar refractivity (Wildman–Crippen MR) is 304 cm³/mol. The number of aromatic nitrogens is 1. The number of pyridine rings is 1. The number of nitrogens with zero attached hydrogens (tertiary/aromatic N) is 2. The molecule has 2 aliphatic rings. The number of anilines is 1. The molecule has 1 heterocycles. The third-order valence-electron chi connectivity index (χ3n) is 13.9. The zero-order chi connectivity index (χ0) is 55.2. The highest BCUT2D eigenvalue weighted by Gasteiger charge is 2.43. The van der Waals surface area contributed by atoms with Crippen molar-refractivity contribution in [1.29, 1.82) is 0 Å². The van der Waals surface area contributed by atoms with Crippen LogP contribution in [0.5, 0.6) is 0 Å². The van der Waals surface area contributed by atoms with Crippen LogP contribution in [-0.4, -0.2) is 56.1 Å². The predicted octanol–water partition coefficient (Wildman–Crippen LogP) is 15.1. The van der Waals surface area contributed by atoms with E-state index in [0.717, 1.165) is 48.4 Å². The molecule has 1 aromatic heterocycles. The molecular weight excluding hydrogens is 989 g/mol. The van der Waals surface area contributed by atoms with Crippen molar-refractivity contribution in [1.82, 2.24) is 4.98 Å². The number of aliphatic imine (C=N–C) groups is 1. The average molecular weight is 1060 g/mol. The van der Waals surface area contributed by atoms with Gasteiger partial charge in [0.15, 0.2) is 11.5 Å². The van der Waals surface area contributed by atoms with Gasteiger partial charge in [0.2, 0.25) is 12.6 Å². The zero-order valence-corrected chi connectivity index (χ0v) is 45.1. The van der Waals surface area contributed by atoms with E-state index in [1.165, 1.54) is 19.3 Å². The van der Waals surface area contributed by atoms with Gasteiger partial charge in [0.05, 0.1) is 17.1 Å². The number of benzene rings is 6. The lowest BCUT2D eigenvalue weighted by atomic mass is 9.76. The van der Waals surface area contributed by atoms with Gasteiger partial charge in [0.1, 0.15) is 11.1 Å². The second-order valence-electron chi connectivity index (χ2n) is 18.9. The quantitative estimate of drug-likeness (QED) is 0.0258. The Morgan fingerprint density at radius 2 is 0.974 bits per heavy atom. The van der Waals surface area contributed by atoms with Crippen molar-refractivity contribution in [3.8, 4) is 11.8 Å². The molecule has 12 heteroatoms. The minimum atomic E-state index is -4.79. The van der Waals surface area contributed by atoms with Crippen LogP contribution in [0.15, 0.2) is 193 Å². The molecule has 8 nitrogen and oxygen atoms in total. The standard InChI is InChI=1S/C33H35FN2O2.C28H26F3NO2.C5H11N/c1-3-37-32(38-4-2)29-23-28(30(34)31(35-29)24-15-14-16-24)36-33(25-17-8-5-9-18-25,26-19-10-6-11-20-26)27-21-12-7-13-22-27;1-3-33-26(34-4-2)21-20-25(28(29,30)31)32-27(22-14-8-5-9-15-22,23-16-10-6-11-17-23)24-18-12-7-13-19-24;6-4-5-2-1-3-5/h5-13,17-24,32H,3-4,14-16H2,1-2H3,(H,35,36);5-19,26H,3-4H2,1-2H3;5H,1-4,6H2. The molecule has 0 bridgehead atoms. The lowest BCUT2D eigenvalue weighted by molar-refractivity contribution is -0.142. The molecule has 3 N–H and O–H groups in total. The van der Waals surface area contributed by atoms with Crippen molar-refractivity contribution in [2.75, 3.05) is 38.3 Å². The summed E-state index contributed by atoms with van der Waals surface area (Å²) in [7, 11) is 0. The first-order chi connectivity index (χ1) is 38.0. The SMILES string of the molecule is CCOC(C#CC(=NC(c1ccccc1)(c1ccccc1)c1ccccc1)C(F)(F)F)OCC.CCOC(OCC)c1cc(NC(c2ccccc2)(c2ccccc2)c2ccccc2)c(F)c(C2CCC2)n1.NCC1CCC1. The van der Waals surface area contributed by atoms with Crippen molar-refractivity contribution >= 4 is 11.4 Å². The number of halogens is 4. The highest BCUT2D eigenvalue weighted by Crippen LogP contribution is 2.45. The molecule has 0 aliphatic heterocycles. The minimum absolute atomic E-state index is 0.0963. The Morgan fingerprint density at radius 3 is 1.28 bits per heavy atom. The van der Waals surface area contributed by atoms with E-state index < -0.39 is 35.5 Å². The van der Waals surface area contributed by atoms with Crippen molar-refractivity contribution in [2.45, 2.75) is 102 Å². The molecule has 0 atom stereocenters. The van der Waals surface area contributed by atoms with Crippen LogP contribution in [0.2, 0.25) is 0 Å². The maximum absolute atomic E-state index is 16.4. The summed E-state index contributed by atoms with van der Waals surface area (Å²) < 4.78 is 81.8. The van der Waals surface area contributed by atoms with Gasteiger partial charge in [0, 0.05) is 32.3 Å². The van der Waals surface area contributed by atoms with Crippen LogP contribution in [0.25, 0.3) is 0 Å². The number of nitrogens with one attached hydrogen (secondary N) is 1. The van der Waals surface area contributed by atoms with Gasteiger partial charge in [-0.25, -0.2) is 9.37 Å². The Bertz CT molecular complexity index is 2740. The van der Waals surface area contributed by atoms with E-state index in [4.69, 9.17) is 29.7 Å². The molecule has 0 amide bonds. The van der Waals surface area contributed by atoms with E-state index in [9.17, 15) is 13.2 Å². The first-order valence-corrected chi connectivity index (χ1v) is 27.2. The molecule has 0 radical (unpaired) electrons. The Balaban J connectivity index is 0.000000205. The van der Waals surface area contributed by atoms with Crippen LogP contribution in [0.4, 0.5) is 23.2 Å². The average Bonchev–Trinajstić information content (AvgIpc) is 3.60. The normalized spacial score (nSPS) is 14.0. The molecule has 408 valence electrons. The summed E-state index contributed by atoms with van der Waals surface area (Å²) in [6.07, 6.45) is 0.603. The maximum Gasteiger partial charge on any atom is 0.441 e. The van der Waals surface area contributed by atoms with Crippen LogP contribution in [0.1, 0.15) is 123 Å². The number of hydrogen-bond acceptors (Lipinski definition) is 8. The maximum atomic E-state index is 16.4. The molecule has 0 spiro atoms. The largest absolute Gasteiger partial charge is 0.441 e. The monoisotopic (exact) mass is 1060 g/mol. The number of ether oxygens (including phenoxy) is 4. The fourth-order valence-corrected chi connectivity index (χ4v) is 9.59. The van der Waals surface area contributed by atoms with E-state index in [-0.39, 0.29) is 24.9 Å². The summed E-state index contributed by atoms with van der Waals surface area (Å²) in [6.45, 7) is 9.63. The number of hydrogen-bond donors (Lipinski definition) is 2. The topological polar surface area (TPSA) is 100 Å². The van der Waals surface area contributed by atoms with Gasteiger partial charge in [-0.3, -0.25) is 4.99 Å². The second kappa shape index (κ2) is 29.1. The molecule has 7 aromatic rings. The molecule has 2 aliphatic carbocycles. The van der Waals surface area contributed by atoms with Crippen molar-refractivity contribution in [3.05, 3.63) is 239 Å². The molecule has 2 saturated carbocycles. The van der Waals surface area contributed by atoms with E-state index in [2.05, 4.69) is 58.5 Å². The van der Waals surface area contributed by atoms with E-state index in [1.54, 1.807) is 92.7 Å². The molecule has 0 saturated heterocycles. The van der Waals surface area contributed by atoms with Gasteiger partial charge in [-0.15, -0.1) is 0 Å². The lowest BCUT2D eigenvalue weighted by Crippen LogP contribution is -2.38. The Hall–Kier alpha value is -6.98. The van der Waals surface area contributed by atoms with Crippen LogP contribution in [0, 0.1) is 23.6 Å². The van der Waals surface area contributed by atoms with Crippen LogP contribution < -0.4 is 11.1 Å².